The highest BCUT2D eigenvalue weighted by atomic mass is 35.5. The number of hydrogen-bond acceptors (Lipinski definition) is 4. The van der Waals surface area contributed by atoms with Gasteiger partial charge in [-0.1, -0.05) is 17.7 Å². The van der Waals surface area contributed by atoms with E-state index in [-0.39, 0.29) is 23.3 Å². The fraction of sp³-hybridized carbons (Fsp3) is 0.364. The first-order chi connectivity index (χ1) is 7.56. The lowest BCUT2D eigenvalue weighted by atomic mass is 10.2. The van der Waals surface area contributed by atoms with Gasteiger partial charge in [0, 0.05) is 12.8 Å². The summed E-state index contributed by atoms with van der Waals surface area (Å²) in [6.45, 7) is 1.96. The van der Waals surface area contributed by atoms with Gasteiger partial charge in [-0.15, -0.1) is 0 Å². The van der Waals surface area contributed by atoms with Crippen molar-refractivity contribution < 1.29 is 14.3 Å². The van der Waals surface area contributed by atoms with Gasteiger partial charge in [0.15, 0.2) is 0 Å². The number of rotatable bonds is 4. The summed E-state index contributed by atoms with van der Waals surface area (Å²) in [5.41, 5.74) is 6.15. The number of carbonyl (C=O) groups excluding carboxylic acids is 1. The second-order valence-electron chi connectivity index (χ2n) is 3.35. The molecule has 1 rings (SSSR count). The normalized spacial score (nSPS) is 12.2. The van der Waals surface area contributed by atoms with Crippen LogP contribution in [0.15, 0.2) is 18.2 Å². The molecule has 5 heteroatoms. The number of esters is 1. The van der Waals surface area contributed by atoms with Crippen LogP contribution in [-0.2, 0) is 9.47 Å². The molecular weight excluding hydrogens is 230 g/mol. The molecule has 0 saturated carbocycles. The molecule has 0 spiro atoms. The zero-order chi connectivity index (χ0) is 12.1. The van der Waals surface area contributed by atoms with Gasteiger partial charge in [0.25, 0.3) is 0 Å². The van der Waals surface area contributed by atoms with E-state index in [4.69, 9.17) is 26.8 Å². The van der Waals surface area contributed by atoms with Crippen LogP contribution in [0, 0.1) is 0 Å². The number of ether oxygens (including phenoxy) is 2. The number of nitrogens with two attached hydrogens (primary N) is 1. The smallest absolute Gasteiger partial charge is 0.341 e. The van der Waals surface area contributed by atoms with E-state index in [0.717, 1.165) is 0 Å². The van der Waals surface area contributed by atoms with E-state index in [1.165, 1.54) is 0 Å². The lowest BCUT2D eigenvalue weighted by Crippen LogP contribution is -2.18. The highest BCUT2D eigenvalue weighted by Crippen LogP contribution is 2.22. The average molecular weight is 244 g/mol. The Hall–Kier alpha value is -1.26. The van der Waals surface area contributed by atoms with Gasteiger partial charge < -0.3 is 15.2 Å². The maximum Gasteiger partial charge on any atom is 0.341 e. The number of anilines is 1. The number of methoxy groups -OCH3 is 1. The van der Waals surface area contributed by atoms with Crippen LogP contribution in [0.3, 0.4) is 0 Å². The van der Waals surface area contributed by atoms with Crippen LogP contribution in [0.1, 0.15) is 17.3 Å². The SMILES string of the molecule is COC(C)COC(=O)c1c(N)cccc1Cl. The van der Waals surface area contributed by atoms with E-state index in [9.17, 15) is 4.79 Å². The van der Waals surface area contributed by atoms with Gasteiger partial charge >= 0.3 is 5.97 Å². The van der Waals surface area contributed by atoms with E-state index in [2.05, 4.69) is 0 Å². The van der Waals surface area contributed by atoms with Gasteiger partial charge in [-0.25, -0.2) is 4.79 Å². The molecule has 1 aromatic carbocycles. The predicted octanol–water partition coefficient (Wildman–Crippen LogP) is 2.11. The van der Waals surface area contributed by atoms with Crippen molar-refractivity contribution in [2.75, 3.05) is 19.5 Å². The minimum atomic E-state index is -0.535. The second-order valence-corrected chi connectivity index (χ2v) is 3.76. The molecule has 88 valence electrons. The van der Waals surface area contributed by atoms with Crippen molar-refractivity contribution in [1.82, 2.24) is 0 Å². The third-order valence-electron chi connectivity index (χ3n) is 2.10. The molecule has 4 nitrogen and oxygen atoms in total. The van der Waals surface area contributed by atoms with Crippen molar-refractivity contribution in [3.05, 3.63) is 28.8 Å². The van der Waals surface area contributed by atoms with E-state index < -0.39 is 5.97 Å². The summed E-state index contributed by atoms with van der Waals surface area (Å²) in [6.07, 6.45) is -0.160. The maximum atomic E-state index is 11.7. The number of hydrogen-bond donors (Lipinski definition) is 1. The van der Waals surface area contributed by atoms with Gasteiger partial charge in [0.1, 0.15) is 12.2 Å². The molecule has 2 N–H and O–H groups in total. The first kappa shape index (κ1) is 12.8. The Morgan fingerprint density at radius 2 is 2.25 bits per heavy atom. The molecule has 0 aromatic heterocycles. The van der Waals surface area contributed by atoms with Crippen molar-refractivity contribution in [3.63, 3.8) is 0 Å². The molecule has 16 heavy (non-hydrogen) atoms. The fourth-order valence-corrected chi connectivity index (χ4v) is 1.35. The van der Waals surface area contributed by atoms with E-state index in [1.807, 2.05) is 0 Å². The van der Waals surface area contributed by atoms with Crippen LogP contribution in [0.5, 0.6) is 0 Å². The lowest BCUT2D eigenvalue weighted by molar-refractivity contribution is 0.0170. The number of halogens is 1. The van der Waals surface area contributed by atoms with Crippen LogP contribution >= 0.6 is 11.6 Å². The topological polar surface area (TPSA) is 61.5 Å². The number of benzene rings is 1. The summed E-state index contributed by atoms with van der Waals surface area (Å²) in [5, 5.41) is 0.287. The van der Waals surface area contributed by atoms with Gasteiger partial charge in [-0.2, -0.15) is 0 Å². The molecule has 1 unspecified atom stereocenters. The maximum absolute atomic E-state index is 11.7. The quantitative estimate of drug-likeness (QED) is 0.650. The zero-order valence-electron chi connectivity index (χ0n) is 9.20. The molecule has 0 aliphatic rings. The highest BCUT2D eigenvalue weighted by Gasteiger charge is 2.16. The summed E-state index contributed by atoms with van der Waals surface area (Å²) in [6, 6.07) is 4.86. The van der Waals surface area contributed by atoms with E-state index >= 15 is 0 Å². The number of carbonyl (C=O) groups is 1. The summed E-state index contributed by atoms with van der Waals surface area (Å²) < 4.78 is 9.97. The Balaban J connectivity index is 2.73. The lowest BCUT2D eigenvalue weighted by Gasteiger charge is -2.11. The van der Waals surface area contributed by atoms with Crippen LogP contribution in [0.2, 0.25) is 5.02 Å². The van der Waals surface area contributed by atoms with Crippen LogP contribution < -0.4 is 5.73 Å². The Morgan fingerprint density at radius 3 is 2.81 bits per heavy atom. The Labute approximate surface area is 99.3 Å². The molecule has 0 saturated heterocycles. The Kier molecular flexibility index (Phi) is 4.58. The molecule has 0 bridgehead atoms. The van der Waals surface area contributed by atoms with E-state index in [0.29, 0.717) is 5.69 Å². The molecule has 0 fully saturated rings. The van der Waals surface area contributed by atoms with Crippen molar-refractivity contribution >= 4 is 23.3 Å². The van der Waals surface area contributed by atoms with Crippen LogP contribution in [-0.4, -0.2) is 25.8 Å². The van der Waals surface area contributed by atoms with E-state index in [1.54, 1.807) is 32.2 Å². The van der Waals surface area contributed by atoms with Gasteiger partial charge in [-0.05, 0) is 19.1 Å². The van der Waals surface area contributed by atoms with Crippen molar-refractivity contribution in [3.8, 4) is 0 Å². The standard InChI is InChI=1S/C11H14ClNO3/c1-7(15-2)6-16-11(14)10-8(12)4-3-5-9(10)13/h3-5,7H,6,13H2,1-2H3. The highest BCUT2D eigenvalue weighted by molar-refractivity contribution is 6.34. The van der Waals surface area contributed by atoms with Crippen molar-refractivity contribution in [2.24, 2.45) is 0 Å². The minimum Gasteiger partial charge on any atom is -0.459 e. The van der Waals surface area contributed by atoms with Gasteiger partial charge in [0.05, 0.1) is 11.1 Å². The second kappa shape index (κ2) is 5.72. The molecule has 0 heterocycles. The summed E-state index contributed by atoms with van der Waals surface area (Å²) in [5.74, 6) is -0.535. The molecule has 1 atom stereocenters. The predicted molar refractivity (Wildman–Crippen MR) is 62.6 cm³/mol. The molecular formula is C11H14ClNO3. The fourth-order valence-electron chi connectivity index (χ4n) is 1.09. The molecule has 0 radical (unpaired) electrons. The molecule has 0 aliphatic heterocycles. The van der Waals surface area contributed by atoms with Crippen molar-refractivity contribution in [1.29, 1.82) is 0 Å². The van der Waals surface area contributed by atoms with Gasteiger partial charge in [0.2, 0.25) is 0 Å². The van der Waals surface area contributed by atoms with Crippen LogP contribution in [0.4, 0.5) is 5.69 Å². The van der Waals surface area contributed by atoms with Crippen molar-refractivity contribution in [2.45, 2.75) is 13.0 Å². The van der Waals surface area contributed by atoms with Gasteiger partial charge in [-0.3, -0.25) is 0 Å². The zero-order valence-corrected chi connectivity index (χ0v) is 9.95. The monoisotopic (exact) mass is 243 g/mol. The average Bonchev–Trinajstić information content (AvgIpc) is 2.25. The summed E-state index contributed by atoms with van der Waals surface area (Å²) in [4.78, 5) is 11.7. The largest absolute Gasteiger partial charge is 0.459 e. The first-order valence-corrected chi connectivity index (χ1v) is 5.18. The number of nitrogen functional groups attached to an aromatic ring is 1. The third kappa shape index (κ3) is 3.12. The molecule has 0 aliphatic carbocycles. The Bertz CT molecular complexity index is 361. The summed E-state index contributed by atoms with van der Waals surface area (Å²) in [7, 11) is 1.54. The van der Waals surface area contributed by atoms with Crippen LogP contribution in [0.25, 0.3) is 0 Å². The Morgan fingerprint density at radius 1 is 1.56 bits per heavy atom. The first-order valence-electron chi connectivity index (χ1n) is 4.80. The molecule has 0 amide bonds. The third-order valence-corrected chi connectivity index (χ3v) is 2.42. The molecule has 1 aromatic rings. The minimum absolute atomic E-state index is 0.160. The summed E-state index contributed by atoms with van der Waals surface area (Å²) >= 11 is 5.86.